The van der Waals surface area contributed by atoms with Crippen molar-refractivity contribution < 1.29 is 9.53 Å². The molecule has 0 N–H and O–H groups in total. The molecular weight excluding hydrogens is 354 g/mol. The summed E-state index contributed by atoms with van der Waals surface area (Å²) in [6, 6.07) is 15.9. The van der Waals surface area contributed by atoms with Gasteiger partial charge in [0.15, 0.2) is 0 Å². The van der Waals surface area contributed by atoms with Gasteiger partial charge in [-0.1, -0.05) is 52.2 Å². The average Bonchev–Trinajstić information content (AvgIpc) is 2.59. The molecule has 0 aromatic heterocycles. The molecule has 2 aromatic rings. The lowest BCUT2D eigenvalue weighted by Crippen LogP contribution is -2.02. The van der Waals surface area contributed by atoms with E-state index in [9.17, 15) is 10.1 Å². The van der Waals surface area contributed by atoms with Crippen LogP contribution in [-0.4, -0.2) is 12.4 Å². The highest BCUT2D eigenvalue weighted by Gasteiger charge is 2.13. The summed E-state index contributed by atoms with van der Waals surface area (Å²) in [5.74, 6) is 2.56. The smallest absolute Gasteiger partial charge is 0.203 e. The van der Waals surface area contributed by atoms with Crippen molar-refractivity contribution in [3.05, 3.63) is 69.7 Å². The molecule has 0 atom stereocenters. The third-order valence-electron chi connectivity index (χ3n) is 2.98. The highest BCUT2D eigenvalue weighted by atomic mass is 79.9. The standard InChI is InChI=1S/C19H12BrNO2/c1-2-10-23-18-9-8-17(20)12-15(18)11-16(13-21)19(22)14-6-4-3-5-7-14/h1,3-9,11-12H,10H2/b16-11+. The van der Waals surface area contributed by atoms with Gasteiger partial charge in [-0.05, 0) is 24.3 Å². The summed E-state index contributed by atoms with van der Waals surface area (Å²) in [6.07, 6.45) is 6.71. The monoisotopic (exact) mass is 365 g/mol. The maximum atomic E-state index is 12.4. The van der Waals surface area contributed by atoms with E-state index in [4.69, 9.17) is 11.2 Å². The summed E-state index contributed by atoms with van der Waals surface area (Å²) in [5, 5.41) is 9.33. The topological polar surface area (TPSA) is 50.1 Å². The van der Waals surface area contributed by atoms with Crippen molar-refractivity contribution in [1.82, 2.24) is 0 Å². The van der Waals surface area contributed by atoms with Crippen LogP contribution in [0.1, 0.15) is 15.9 Å². The van der Waals surface area contributed by atoms with Crippen LogP contribution in [0.3, 0.4) is 0 Å². The second-order valence-electron chi connectivity index (χ2n) is 4.54. The van der Waals surface area contributed by atoms with E-state index < -0.39 is 0 Å². The Hall–Kier alpha value is -2.82. The number of nitrogens with zero attached hydrogens (tertiary/aromatic N) is 1. The zero-order valence-corrected chi connectivity index (χ0v) is 13.7. The first kappa shape index (κ1) is 16.5. The van der Waals surface area contributed by atoms with Crippen LogP contribution in [-0.2, 0) is 0 Å². The van der Waals surface area contributed by atoms with Gasteiger partial charge in [0.1, 0.15) is 24.0 Å². The summed E-state index contributed by atoms with van der Waals surface area (Å²) in [6.45, 7) is 0.108. The first-order valence-corrected chi connectivity index (χ1v) is 7.52. The van der Waals surface area contributed by atoms with E-state index >= 15 is 0 Å². The maximum absolute atomic E-state index is 12.4. The van der Waals surface area contributed by atoms with Crippen molar-refractivity contribution in [2.24, 2.45) is 0 Å². The van der Waals surface area contributed by atoms with Gasteiger partial charge in [-0.3, -0.25) is 4.79 Å². The van der Waals surface area contributed by atoms with E-state index in [0.717, 1.165) is 4.47 Å². The van der Waals surface area contributed by atoms with Crippen molar-refractivity contribution in [2.75, 3.05) is 6.61 Å². The molecule has 0 amide bonds. The van der Waals surface area contributed by atoms with Gasteiger partial charge in [-0.15, -0.1) is 6.42 Å². The fourth-order valence-corrected chi connectivity index (χ4v) is 2.31. The van der Waals surface area contributed by atoms with Crippen LogP contribution in [0, 0.1) is 23.7 Å². The average molecular weight is 366 g/mol. The molecule has 0 unspecified atom stereocenters. The minimum Gasteiger partial charge on any atom is -0.480 e. The van der Waals surface area contributed by atoms with E-state index in [0.29, 0.717) is 16.9 Å². The molecule has 0 saturated heterocycles. The first-order valence-electron chi connectivity index (χ1n) is 6.73. The van der Waals surface area contributed by atoms with E-state index in [-0.39, 0.29) is 18.0 Å². The van der Waals surface area contributed by atoms with E-state index in [1.165, 1.54) is 6.08 Å². The molecule has 112 valence electrons. The quantitative estimate of drug-likeness (QED) is 0.344. The van der Waals surface area contributed by atoms with Crippen LogP contribution >= 0.6 is 15.9 Å². The Kier molecular flexibility index (Phi) is 5.74. The number of nitriles is 1. The molecule has 3 nitrogen and oxygen atoms in total. The van der Waals surface area contributed by atoms with Gasteiger partial charge in [0.25, 0.3) is 0 Å². The van der Waals surface area contributed by atoms with Gasteiger partial charge in [-0.25, -0.2) is 0 Å². The van der Waals surface area contributed by atoms with Crippen molar-refractivity contribution >= 4 is 27.8 Å². The van der Waals surface area contributed by atoms with Gasteiger partial charge in [0.05, 0.1) is 0 Å². The number of allylic oxidation sites excluding steroid dienone is 1. The molecular formula is C19H12BrNO2. The lowest BCUT2D eigenvalue weighted by Gasteiger charge is -2.08. The number of carbonyl (C=O) groups is 1. The van der Waals surface area contributed by atoms with Crippen LogP contribution in [0.25, 0.3) is 6.08 Å². The highest BCUT2D eigenvalue weighted by Crippen LogP contribution is 2.26. The normalized spacial score (nSPS) is 10.5. The SMILES string of the molecule is C#CCOc1ccc(Br)cc1/C=C(\C#N)C(=O)c1ccccc1. The number of halogens is 1. The van der Waals surface area contributed by atoms with Gasteiger partial charge in [0.2, 0.25) is 5.78 Å². The van der Waals surface area contributed by atoms with Crippen LogP contribution in [0.4, 0.5) is 0 Å². The molecule has 0 aliphatic carbocycles. The number of Topliss-reactive ketones (excluding diaryl/α,β-unsaturated/α-hetero) is 1. The zero-order chi connectivity index (χ0) is 16.7. The molecule has 0 heterocycles. The molecule has 0 saturated carbocycles. The molecule has 2 rings (SSSR count). The van der Waals surface area contributed by atoms with Crippen LogP contribution in [0.2, 0.25) is 0 Å². The molecule has 0 aliphatic heterocycles. The largest absolute Gasteiger partial charge is 0.480 e. The summed E-state index contributed by atoms with van der Waals surface area (Å²) < 4.78 is 6.26. The fourth-order valence-electron chi connectivity index (χ4n) is 1.93. The molecule has 0 bridgehead atoms. The van der Waals surface area contributed by atoms with Crippen molar-refractivity contribution in [2.45, 2.75) is 0 Å². The van der Waals surface area contributed by atoms with Crippen molar-refractivity contribution in [1.29, 1.82) is 5.26 Å². The summed E-state index contributed by atoms with van der Waals surface area (Å²) >= 11 is 3.37. The number of hydrogen-bond acceptors (Lipinski definition) is 3. The maximum Gasteiger partial charge on any atom is 0.203 e. The Morgan fingerprint density at radius 2 is 2.00 bits per heavy atom. The Bertz CT molecular complexity index is 827. The number of rotatable bonds is 5. The van der Waals surface area contributed by atoms with Crippen LogP contribution in [0.5, 0.6) is 5.75 Å². The van der Waals surface area contributed by atoms with Crippen LogP contribution < -0.4 is 4.74 Å². The third kappa shape index (κ3) is 4.32. The lowest BCUT2D eigenvalue weighted by atomic mass is 10.0. The third-order valence-corrected chi connectivity index (χ3v) is 3.48. The second-order valence-corrected chi connectivity index (χ2v) is 5.46. The lowest BCUT2D eigenvalue weighted by molar-refractivity contribution is 0.104. The number of terminal acetylenes is 1. The molecule has 0 spiro atoms. The zero-order valence-electron chi connectivity index (χ0n) is 12.1. The number of benzene rings is 2. The molecule has 0 aliphatic rings. The minimum atomic E-state index is -0.337. The van der Waals surface area contributed by atoms with Gasteiger partial charge in [0, 0.05) is 15.6 Å². The predicted octanol–water partition coefficient (Wildman–Crippen LogP) is 4.25. The summed E-state index contributed by atoms with van der Waals surface area (Å²) in [7, 11) is 0. The van der Waals surface area contributed by atoms with E-state index in [2.05, 4.69) is 21.9 Å². The predicted molar refractivity (Wildman–Crippen MR) is 92.8 cm³/mol. The number of ether oxygens (including phenoxy) is 1. The second kappa shape index (κ2) is 7.98. The first-order chi connectivity index (χ1) is 11.2. The highest BCUT2D eigenvalue weighted by molar-refractivity contribution is 9.10. The Morgan fingerprint density at radius 1 is 1.26 bits per heavy atom. The molecule has 2 aromatic carbocycles. The minimum absolute atomic E-state index is 0.0276. The van der Waals surface area contributed by atoms with Gasteiger partial charge >= 0.3 is 0 Å². The molecule has 23 heavy (non-hydrogen) atoms. The van der Waals surface area contributed by atoms with Crippen molar-refractivity contribution in [3.63, 3.8) is 0 Å². The Morgan fingerprint density at radius 3 is 2.65 bits per heavy atom. The van der Waals surface area contributed by atoms with E-state index in [1.807, 2.05) is 12.1 Å². The summed E-state index contributed by atoms with van der Waals surface area (Å²) in [4.78, 5) is 12.4. The summed E-state index contributed by atoms with van der Waals surface area (Å²) in [5.41, 5.74) is 1.09. The number of ketones is 1. The van der Waals surface area contributed by atoms with Gasteiger partial charge < -0.3 is 4.74 Å². The number of hydrogen-bond donors (Lipinski definition) is 0. The number of carbonyl (C=O) groups excluding carboxylic acids is 1. The molecule has 0 radical (unpaired) electrons. The van der Waals surface area contributed by atoms with Crippen LogP contribution in [0.15, 0.2) is 58.6 Å². The van der Waals surface area contributed by atoms with Gasteiger partial charge in [-0.2, -0.15) is 5.26 Å². The Labute approximate surface area is 143 Å². The van der Waals surface area contributed by atoms with E-state index in [1.54, 1.807) is 42.5 Å². The molecule has 4 heteroatoms. The molecule has 0 fully saturated rings. The fraction of sp³-hybridized carbons (Fsp3) is 0.0526. The Balaban J connectivity index is 2.42. The van der Waals surface area contributed by atoms with Crippen molar-refractivity contribution in [3.8, 4) is 24.2 Å².